The average Bonchev–Trinajstić information content (AvgIpc) is 2.84. The van der Waals surface area contributed by atoms with Crippen LogP contribution in [0.4, 0.5) is 26.3 Å². The Balaban J connectivity index is -0.0000000685. The van der Waals surface area contributed by atoms with Crippen molar-refractivity contribution in [1.29, 1.82) is 0 Å². The maximum absolute atomic E-state index is 10.9. The molecular formula is C13H24F6GeN3Zr. The number of hydrogen-bond acceptors (Lipinski definition) is 0. The van der Waals surface area contributed by atoms with E-state index < -0.39 is 25.4 Å². The summed E-state index contributed by atoms with van der Waals surface area (Å²) in [6.07, 6.45) is 0. The molecule has 1 aromatic rings. The van der Waals surface area contributed by atoms with Crippen LogP contribution in [-0.4, -0.2) is 45.1 Å². The van der Waals surface area contributed by atoms with E-state index in [1.165, 1.54) is 0 Å². The first kappa shape index (κ1) is 35.4. The van der Waals surface area contributed by atoms with Crippen molar-refractivity contribution in [3.63, 3.8) is 0 Å². The van der Waals surface area contributed by atoms with Crippen LogP contribution < -0.4 is 0 Å². The predicted octanol–water partition coefficient (Wildman–Crippen LogP) is 6.04. The van der Waals surface area contributed by atoms with Crippen LogP contribution in [0.15, 0.2) is 30.3 Å². The molecule has 0 aliphatic heterocycles. The van der Waals surface area contributed by atoms with Crippen molar-refractivity contribution in [3.05, 3.63) is 47.5 Å². The van der Waals surface area contributed by atoms with Crippen LogP contribution in [0.5, 0.6) is 0 Å². The summed E-state index contributed by atoms with van der Waals surface area (Å²) < 4.78 is 65.4. The first-order valence-corrected chi connectivity index (χ1v) is 8.98. The van der Waals surface area contributed by atoms with Crippen LogP contribution in [0.3, 0.4) is 0 Å². The number of alkyl halides is 6. The molecule has 11 heteroatoms. The van der Waals surface area contributed by atoms with Gasteiger partial charge in [-0.25, -0.2) is 12.1 Å². The van der Waals surface area contributed by atoms with Gasteiger partial charge in [0, 0.05) is 0 Å². The molecule has 0 bridgehead atoms. The van der Waals surface area contributed by atoms with E-state index in [0.29, 0.717) is 19.6 Å². The molecular weight excluding hydrogens is 476 g/mol. The molecule has 0 aromatic heterocycles. The molecule has 1 rings (SSSR count). The molecule has 0 fully saturated rings. The summed E-state index contributed by atoms with van der Waals surface area (Å²) in [7, 11) is 0. The van der Waals surface area contributed by atoms with E-state index in [0.717, 1.165) is 0 Å². The molecule has 0 spiro atoms. The first-order chi connectivity index (χ1) is 10.4. The van der Waals surface area contributed by atoms with Crippen molar-refractivity contribution < 1.29 is 52.5 Å². The summed E-state index contributed by atoms with van der Waals surface area (Å²) >= 11 is -4.06. The standard InChI is InChI=1S/C5H5.C2HF6Ge.3C2H6N.Zr/c1-2-4-5-3-1;3-1(4,5)9-2(6,7)8;3*1-2-3;/h1-5H;9H;3*3H,2H2,1H3;/q-1;;3*-1;+4. The second kappa shape index (κ2) is 25.5. The number of hydrogen-bond donors (Lipinski definition) is 0. The van der Waals surface area contributed by atoms with E-state index in [1.54, 1.807) is 20.8 Å². The fourth-order valence-corrected chi connectivity index (χ4v) is 1.29. The molecule has 0 amide bonds. The van der Waals surface area contributed by atoms with Crippen LogP contribution in [0.2, 0.25) is 0 Å². The molecule has 0 saturated carbocycles. The zero-order valence-electron chi connectivity index (χ0n) is 13.9. The van der Waals surface area contributed by atoms with Crippen molar-refractivity contribution >= 4 is 15.4 Å². The summed E-state index contributed by atoms with van der Waals surface area (Å²) in [4.78, 5) is 0. The van der Waals surface area contributed by atoms with E-state index >= 15 is 0 Å². The monoisotopic (exact) mass is 500 g/mol. The second-order valence-electron chi connectivity index (χ2n) is 3.25. The number of nitrogens with one attached hydrogen (secondary N) is 3. The molecule has 1 radical (unpaired) electrons. The minimum Gasteiger partial charge on any atom is -0.214 e. The fraction of sp³-hybridized carbons (Fsp3) is 0.615. The van der Waals surface area contributed by atoms with Crippen LogP contribution in [0.25, 0.3) is 17.2 Å². The van der Waals surface area contributed by atoms with Crippen LogP contribution >= 0.6 is 0 Å². The Hall–Kier alpha value is 0.236. The Morgan fingerprint density at radius 2 is 0.958 bits per heavy atom. The van der Waals surface area contributed by atoms with Gasteiger partial charge < -0.3 is 17.2 Å². The molecule has 3 N–H and O–H groups in total. The van der Waals surface area contributed by atoms with Gasteiger partial charge in [-0.1, -0.05) is 20.8 Å². The summed E-state index contributed by atoms with van der Waals surface area (Å²) in [6.45, 7) is 6.88. The van der Waals surface area contributed by atoms with Gasteiger partial charge in [0.25, 0.3) is 0 Å². The van der Waals surface area contributed by atoms with E-state index in [1.807, 2.05) is 30.3 Å². The molecule has 24 heavy (non-hydrogen) atoms. The average molecular weight is 500 g/mol. The Morgan fingerprint density at radius 1 is 0.750 bits per heavy atom. The summed E-state index contributed by atoms with van der Waals surface area (Å²) in [5.74, 6) is 0. The van der Waals surface area contributed by atoms with Crippen molar-refractivity contribution in [3.8, 4) is 0 Å². The summed E-state index contributed by atoms with van der Waals surface area (Å²) in [5.41, 5.74) is 18.6. The number of halogens is 6. The van der Waals surface area contributed by atoms with E-state index in [9.17, 15) is 26.3 Å². The molecule has 0 unspecified atom stereocenters. The number of rotatable bonds is 0. The molecule has 1 aromatic carbocycles. The Kier molecular flexibility index (Phi) is 37.5. The second-order valence-corrected chi connectivity index (χ2v) is 6.60. The first-order valence-electron chi connectivity index (χ1n) is 6.56. The normalized spacial score (nSPS) is 9.17. The van der Waals surface area contributed by atoms with E-state index in [-0.39, 0.29) is 26.2 Å². The van der Waals surface area contributed by atoms with E-state index in [4.69, 9.17) is 17.2 Å². The molecule has 3 nitrogen and oxygen atoms in total. The van der Waals surface area contributed by atoms with Gasteiger partial charge in [0.15, 0.2) is 0 Å². The Morgan fingerprint density at radius 3 is 1.00 bits per heavy atom. The maximum Gasteiger partial charge on any atom is 4.00 e. The Bertz CT molecular complexity index is 248. The zero-order valence-corrected chi connectivity index (χ0v) is 18.7. The van der Waals surface area contributed by atoms with Crippen molar-refractivity contribution in [1.82, 2.24) is 0 Å². The van der Waals surface area contributed by atoms with Gasteiger partial charge in [-0.3, -0.25) is 0 Å². The van der Waals surface area contributed by atoms with Gasteiger partial charge in [0.05, 0.1) is 0 Å². The van der Waals surface area contributed by atoms with Gasteiger partial charge in [-0.15, -0.1) is 0 Å². The van der Waals surface area contributed by atoms with Crippen molar-refractivity contribution in [2.75, 3.05) is 19.6 Å². The van der Waals surface area contributed by atoms with Gasteiger partial charge in [0.1, 0.15) is 0 Å². The Labute approximate surface area is 165 Å². The third-order valence-corrected chi connectivity index (χ3v) is 2.26. The molecule has 0 saturated heterocycles. The van der Waals surface area contributed by atoms with Gasteiger partial charge in [-0.2, -0.15) is 37.8 Å². The summed E-state index contributed by atoms with van der Waals surface area (Å²) in [5, 5.41) is -9.97. The largest absolute Gasteiger partial charge is 4.00 e. The quantitative estimate of drug-likeness (QED) is 0.237. The smallest absolute Gasteiger partial charge is 0.214 e. The minimum absolute atomic E-state index is 0. The van der Waals surface area contributed by atoms with Crippen molar-refractivity contribution in [2.45, 2.75) is 30.8 Å². The SMILES string of the molecule is CC[NH-].CC[NH-].CC[NH-].F[C](F)(F)[GeH][C](F)(F)F.[Zr+4].c1cc[cH-]c1. The molecule has 141 valence electrons. The third kappa shape index (κ3) is 79.4. The summed E-state index contributed by atoms with van der Waals surface area (Å²) in [6, 6.07) is 10.0. The predicted molar refractivity (Wildman–Crippen MR) is 85.9 cm³/mol. The maximum atomic E-state index is 10.9. The van der Waals surface area contributed by atoms with Crippen LogP contribution in [-0.2, 0) is 26.2 Å². The fourth-order valence-electron chi connectivity index (χ4n) is 0.506. The topological polar surface area (TPSA) is 71.4 Å². The van der Waals surface area contributed by atoms with E-state index in [2.05, 4.69) is 0 Å². The van der Waals surface area contributed by atoms with Crippen LogP contribution in [0.1, 0.15) is 20.8 Å². The molecule has 0 aliphatic carbocycles. The van der Waals surface area contributed by atoms with Gasteiger partial charge in [-0.05, 0) is 0 Å². The minimum atomic E-state index is -4.98. The third-order valence-electron chi connectivity index (χ3n) is 0.883. The van der Waals surface area contributed by atoms with Gasteiger partial charge in [0.2, 0.25) is 0 Å². The molecule has 0 aliphatic rings. The van der Waals surface area contributed by atoms with Crippen molar-refractivity contribution in [2.24, 2.45) is 0 Å². The zero-order chi connectivity index (χ0) is 19.4. The van der Waals surface area contributed by atoms with Gasteiger partial charge >= 0.3 is 78.0 Å². The van der Waals surface area contributed by atoms with Crippen LogP contribution in [0, 0.1) is 0 Å². The molecule has 0 heterocycles. The molecule has 0 atom stereocenters.